The Bertz CT molecular complexity index is 134. The van der Waals surface area contributed by atoms with E-state index in [4.69, 9.17) is 11.7 Å². The summed E-state index contributed by atoms with van der Waals surface area (Å²) in [4.78, 5) is 20.4. The van der Waals surface area contributed by atoms with Gasteiger partial charge in [-0.3, -0.25) is 9.59 Å². The first-order valence-electron chi connectivity index (χ1n) is 2.38. The topological polar surface area (TPSA) is 54.4 Å². The Kier molecular flexibility index (Phi) is 2.64. The molecule has 1 N–H and O–H groups in total. The standard InChI is InChI=1S/C6H7O3/c1-3-5(4(2)7)6(8)9/h1,3,5H,2H3,(H,8,9). The SMILES string of the molecule is [CH]=CC(C(C)=O)C(=O)O. The Hall–Kier alpha value is -1.12. The second kappa shape index (κ2) is 3.02. The molecule has 3 nitrogen and oxygen atoms in total. The van der Waals surface area contributed by atoms with Crippen LogP contribution >= 0.6 is 0 Å². The largest absolute Gasteiger partial charge is 0.480 e. The van der Waals surface area contributed by atoms with E-state index < -0.39 is 17.7 Å². The molecular weight excluding hydrogens is 120 g/mol. The van der Waals surface area contributed by atoms with Gasteiger partial charge in [0.15, 0.2) is 0 Å². The fourth-order valence-corrected chi connectivity index (χ4v) is 0.392. The van der Waals surface area contributed by atoms with Gasteiger partial charge in [0.25, 0.3) is 0 Å². The molecule has 9 heavy (non-hydrogen) atoms. The third kappa shape index (κ3) is 2.08. The number of aliphatic carboxylic acids is 1. The Morgan fingerprint density at radius 3 is 2.11 bits per heavy atom. The van der Waals surface area contributed by atoms with Crippen LogP contribution in [0.5, 0.6) is 0 Å². The van der Waals surface area contributed by atoms with Crippen LogP contribution in [-0.4, -0.2) is 16.9 Å². The van der Waals surface area contributed by atoms with E-state index in [1.54, 1.807) is 0 Å². The smallest absolute Gasteiger partial charge is 0.317 e. The molecule has 0 saturated carbocycles. The van der Waals surface area contributed by atoms with Crippen LogP contribution in [0, 0.1) is 12.5 Å². The molecule has 0 spiro atoms. The van der Waals surface area contributed by atoms with Crippen molar-refractivity contribution >= 4 is 11.8 Å². The lowest BCUT2D eigenvalue weighted by atomic mass is 10.1. The highest BCUT2D eigenvalue weighted by atomic mass is 16.4. The summed E-state index contributed by atoms with van der Waals surface area (Å²) in [7, 11) is 0. The Labute approximate surface area is 53.0 Å². The fourth-order valence-electron chi connectivity index (χ4n) is 0.392. The van der Waals surface area contributed by atoms with E-state index >= 15 is 0 Å². The van der Waals surface area contributed by atoms with Gasteiger partial charge < -0.3 is 5.11 Å². The van der Waals surface area contributed by atoms with Gasteiger partial charge in [-0.15, -0.1) is 0 Å². The number of hydrogen-bond donors (Lipinski definition) is 1. The summed E-state index contributed by atoms with van der Waals surface area (Å²) in [6, 6.07) is 0. The van der Waals surface area contributed by atoms with Crippen molar-refractivity contribution in [2.45, 2.75) is 6.92 Å². The van der Waals surface area contributed by atoms with Gasteiger partial charge in [0.1, 0.15) is 11.7 Å². The molecule has 0 aromatic rings. The van der Waals surface area contributed by atoms with Crippen molar-refractivity contribution < 1.29 is 14.7 Å². The average molecular weight is 127 g/mol. The van der Waals surface area contributed by atoms with E-state index in [9.17, 15) is 9.59 Å². The third-order valence-electron chi connectivity index (χ3n) is 0.896. The van der Waals surface area contributed by atoms with Crippen LogP contribution in [-0.2, 0) is 9.59 Å². The fraction of sp³-hybridized carbons (Fsp3) is 0.333. The molecule has 0 amide bonds. The van der Waals surface area contributed by atoms with Crippen LogP contribution in [0.4, 0.5) is 0 Å². The quantitative estimate of drug-likeness (QED) is 0.553. The predicted octanol–water partition coefficient (Wildman–Crippen LogP) is 0.265. The Morgan fingerprint density at radius 2 is 2.11 bits per heavy atom. The summed E-state index contributed by atoms with van der Waals surface area (Å²) in [5.41, 5.74) is 0. The molecule has 1 radical (unpaired) electrons. The molecule has 0 aliphatic heterocycles. The van der Waals surface area contributed by atoms with Crippen molar-refractivity contribution in [2.75, 3.05) is 0 Å². The number of carbonyl (C=O) groups excluding carboxylic acids is 1. The van der Waals surface area contributed by atoms with E-state index in [1.165, 1.54) is 6.92 Å². The van der Waals surface area contributed by atoms with Gasteiger partial charge in [-0.1, -0.05) is 12.7 Å². The summed E-state index contributed by atoms with van der Waals surface area (Å²) in [5, 5.41) is 8.21. The highest BCUT2D eigenvalue weighted by Gasteiger charge is 2.17. The Balaban J connectivity index is 4.16. The zero-order chi connectivity index (χ0) is 7.44. The monoisotopic (exact) mass is 127 g/mol. The minimum Gasteiger partial charge on any atom is -0.480 e. The van der Waals surface area contributed by atoms with E-state index in [-0.39, 0.29) is 0 Å². The molecule has 1 unspecified atom stereocenters. The number of hydrogen-bond acceptors (Lipinski definition) is 2. The lowest BCUT2D eigenvalue weighted by Gasteiger charge is -1.98. The number of Topliss-reactive ketones (excluding diaryl/α,β-unsaturated/α-hetero) is 1. The molecule has 0 saturated heterocycles. The number of rotatable bonds is 3. The van der Waals surface area contributed by atoms with Crippen molar-refractivity contribution in [1.29, 1.82) is 0 Å². The number of carboxylic acids is 1. The average Bonchev–Trinajstić information content (AvgIpc) is 1.64. The molecule has 0 heterocycles. The molecule has 0 bridgehead atoms. The predicted molar refractivity (Wildman–Crippen MR) is 30.7 cm³/mol. The third-order valence-corrected chi connectivity index (χ3v) is 0.896. The number of carbonyl (C=O) groups is 2. The molecule has 0 aromatic carbocycles. The van der Waals surface area contributed by atoms with Crippen LogP contribution in [0.25, 0.3) is 0 Å². The maximum absolute atomic E-state index is 10.3. The summed E-state index contributed by atoms with van der Waals surface area (Å²) in [6.07, 6.45) is 0.866. The van der Waals surface area contributed by atoms with E-state index in [0.29, 0.717) is 0 Å². The first kappa shape index (κ1) is 7.88. The molecule has 0 fully saturated rings. The highest BCUT2D eigenvalue weighted by molar-refractivity contribution is 5.98. The lowest BCUT2D eigenvalue weighted by Crippen LogP contribution is -2.18. The highest BCUT2D eigenvalue weighted by Crippen LogP contribution is 1.97. The maximum atomic E-state index is 10.3. The van der Waals surface area contributed by atoms with Crippen molar-refractivity contribution in [2.24, 2.45) is 5.92 Å². The molecule has 3 heteroatoms. The van der Waals surface area contributed by atoms with E-state index in [0.717, 1.165) is 6.08 Å². The molecule has 0 aliphatic carbocycles. The van der Waals surface area contributed by atoms with Crippen molar-refractivity contribution in [3.8, 4) is 0 Å². The zero-order valence-corrected chi connectivity index (χ0v) is 5.00. The van der Waals surface area contributed by atoms with Crippen molar-refractivity contribution in [3.63, 3.8) is 0 Å². The Morgan fingerprint density at radius 1 is 1.67 bits per heavy atom. The molecule has 49 valence electrons. The first-order chi connectivity index (χ1) is 4.09. The summed E-state index contributed by atoms with van der Waals surface area (Å²) < 4.78 is 0. The van der Waals surface area contributed by atoms with Gasteiger partial charge in [-0.25, -0.2) is 0 Å². The second-order valence-electron chi connectivity index (χ2n) is 1.62. The van der Waals surface area contributed by atoms with Gasteiger partial charge in [0.2, 0.25) is 0 Å². The maximum Gasteiger partial charge on any atom is 0.317 e. The zero-order valence-electron chi connectivity index (χ0n) is 5.00. The van der Waals surface area contributed by atoms with Gasteiger partial charge >= 0.3 is 5.97 Å². The van der Waals surface area contributed by atoms with Crippen LogP contribution in [0.2, 0.25) is 0 Å². The lowest BCUT2D eigenvalue weighted by molar-refractivity contribution is -0.143. The van der Waals surface area contributed by atoms with Crippen molar-refractivity contribution in [3.05, 3.63) is 12.7 Å². The molecule has 0 aliphatic rings. The summed E-state index contributed by atoms with van der Waals surface area (Å²) in [6.45, 7) is 6.03. The number of ketones is 1. The minimum atomic E-state index is -1.20. The normalized spacial score (nSPS) is 12.1. The molecule has 1 atom stereocenters. The van der Waals surface area contributed by atoms with Crippen LogP contribution < -0.4 is 0 Å². The number of carboxylic acid groups (broad SMARTS) is 1. The van der Waals surface area contributed by atoms with E-state index in [1.807, 2.05) is 0 Å². The van der Waals surface area contributed by atoms with Gasteiger partial charge in [-0.05, 0) is 6.92 Å². The summed E-state index contributed by atoms with van der Waals surface area (Å²) in [5.74, 6) is -2.81. The van der Waals surface area contributed by atoms with Gasteiger partial charge in [0, 0.05) is 0 Å². The van der Waals surface area contributed by atoms with Crippen LogP contribution in [0.3, 0.4) is 0 Å². The molecule has 0 aromatic heterocycles. The first-order valence-corrected chi connectivity index (χ1v) is 2.38. The minimum absolute atomic E-state index is 0.454. The second-order valence-corrected chi connectivity index (χ2v) is 1.62. The molecular formula is C6H7O3. The van der Waals surface area contributed by atoms with Crippen LogP contribution in [0.1, 0.15) is 6.92 Å². The van der Waals surface area contributed by atoms with Crippen molar-refractivity contribution in [1.82, 2.24) is 0 Å². The molecule has 0 rings (SSSR count). The van der Waals surface area contributed by atoms with Gasteiger partial charge in [-0.2, -0.15) is 0 Å². The summed E-state index contributed by atoms with van der Waals surface area (Å²) >= 11 is 0. The van der Waals surface area contributed by atoms with Crippen LogP contribution in [0.15, 0.2) is 6.08 Å². The van der Waals surface area contributed by atoms with E-state index in [2.05, 4.69) is 0 Å². The van der Waals surface area contributed by atoms with Gasteiger partial charge in [0.05, 0.1) is 0 Å².